The summed E-state index contributed by atoms with van der Waals surface area (Å²) in [6.45, 7) is 7.62. The molecule has 170 valence electrons. The Kier molecular flexibility index (Phi) is 7.38. The SMILES string of the molecule is CC(C)(CNC(=O)CSc1nnnn1-c1ccc(OC(F)(F)F)cc1)N1CCOCC1. The third-order valence-corrected chi connectivity index (χ3v) is 5.59. The Labute approximate surface area is 181 Å². The van der Waals surface area contributed by atoms with Gasteiger partial charge in [0.05, 0.1) is 24.7 Å². The quantitative estimate of drug-likeness (QED) is 0.597. The number of nitrogens with zero attached hydrogens (tertiary/aromatic N) is 5. The second-order valence-corrected chi connectivity index (χ2v) is 8.33. The summed E-state index contributed by atoms with van der Waals surface area (Å²) in [5, 5.41) is 14.6. The number of nitrogens with one attached hydrogen (secondary N) is 1. The normalized spacial score (nSPS) is 15.6. The highest BCUT2D eigenvalue weighted by Crippen LogP contribution is 2.25. The zero-order chi connectivity index (χ0) is 22.5. The second-order valence-electron chi connectivity index (χ2n) is 7.39. The molecule has 1 N–H and O–H groups in total. The highest BCUT2D eigenvalue weighted by atomic mass is 32.2. The van der Waals surface area contributed by atoms with E-state index in [1.54, 1.807) is 0 Å². The van der Waals surface area contributed by atoms with Crippen molar-refractivity contribution in [2.24, 2.45) is 0 Å². The van der Waals surface area contributed by atoms with Gasteiger partial charge in [0, 0.05) is 25.2 Å². The van der Waals surface area contributed by atoms with E-state index in [4.69, 9.17) is 4.74 Å². The molecule has 3 rings (SSSR count). The Morgan fingerprint density at radius 1 is 1.23 bits per heavy atom. The Hall–Kier alpha value is -2.38. The standard InChI is InChI=1S/C18H23F3N6O3S/c1-17(2,26-7-9-29-10-8-26)12-22-15(28)11-31-16-23-24-25-27(16)13-3-5-14(6-4-13)30-18(19,20)21/h3-6H,7-12H2,1-2H3,(H,22,28). The molecule has 0 bridgehead atoms. The molecule has 31 heavy (non-hydrogen) atoms. The molecule has 2 aromatic rings. The molecule has 0 aliphatic carbocycles. The number of benzene rings is 1. The summed E-state index contributed by atoms with van der Waals surface area (Å²) >= 11 is 1.13. The van der Waals surface area contributed by atoms with Gasteiger partial charge in [0.1, 0.15) is 5.75 Å². The third-order valence-electron chi connectivity index (χ3n) is 4.67. The van der Waals surface area contributed by atoms with Gasteiger partial charge in [-0.15, -0.1) is 18.3 Å². The number of morpholine rings is 1. The molecule has 1 fully saturated rings. The number of tetrazole rings is 1. The van der Waals surface area contributed by atoms with E-state index in [1.807, 2.05) is 0 Å². The lowest BCUT2D eigenvalue weighted by Crippen LogP contribution is -2.55. The van der Waals surface area contributed by atoms with E-state index in [1.165, 1.54) is 28.9 Å². The van der Waals surface area contributed by atoms with Crippen molar-refractivity contribution in [3.05, 3.63) is 24.3 Å². The number of carbonyl (C=O) groups is 1. The van der Waals surface area contributed by atoms with Crippen molar-refractivity contribution in [2.75, 3.05) is 38.6 Å². The van der Waals surface area contributed by atoms with Gasteiger partial charge in [0.25, 0.3) is 0 Å². The molecule has 0 saturated carbocycles. The van der Waals surface area contributed by atoms with Crippen LogP contribution in [0.25, 0.3) is 5.69 Å². The average Bonchev–Trinajstić information content (AvgIpc) is 3.19. The monoisotopic (exact) mass is 460 g/mol. The maximum atomic E-state index is 12.3. The number of rotatable bonds is 8. The van der Waals surface area contributed by atoms with Crippen LogP contribution in [0.15, 0.2) is 29.4 Å². The summed E-state index contributed by atoms with van der Waals surface area (Å²) in [5.41, 5.74) is 0.238. The van der Waals surface area contributed by atoms with Gasteiger partial charge in [-0.2, -0.15) is 4.68 Å². The first-order chi connectivity index (χ1) is 14.6. The molecule has 0 unspecified atom stereocenters. The summed E-state index contributed by atoms with van der Waals surface area (Å²) < 4.78 is 47.4. The van der Waals surface area contributed by atoms with Gasteiger partial charge in [-0.1, -0.05) is 11.8 Å². The van der Waals surface area contributed by atoms with Gasteiger partial charge in [-0.3, -0.25) is 9.69 Å². The van der Waals surface area contributed by atoms with Crippen LogP contribution in [0, 0.1) is 0 Å². The number of amides is 1. The van der Waals surface area contributed by atoms with Crippen LogP contribution in [0.1, 0.15) is 13.8 Å². The van der Waals surface area contributed by atoms with Crippen molar-refractivity contribution in [1.29, 1.82) is 0 Å². The van der Waals surface area contributed by atoms with Gasteiger partial charge >= 0.3 is 6.36 Å². The zero-order valence-electron chi connectivity index (χ0n) is 17.1. The van der Waals surface area contributed by atoms with Gasteiger partial charge in [0.15, 0.2) is 0 Å². The van der Waals surface area contributed by atoms with E-state index in [9.17, 15) is 18.0 Å². The molecule has 0 atom stereocenters. The molecule has 9 nitrogen and oxygen atoms in total. The maximum absolute atomic E-state index is 12.3. The summed E-state index contributed by atoms with van der Waals surface area (Å²) in [4.78, 5) is 14.6. The Bertz CT molecular complexity index is 869. The van der Waals surface area contributed by atoms with Crippen LogP contribution >= 0.6 is 11.8 Å². The number of hydrogen-bond acceptors (Lipinski definition) is 8. The molecule has 0 spiro atoms. The minimum Gasteiger partial charge on any atom is -0.406 e. The Balaban J connectivity index is 1.52. The summed E-state index contributed by atoms with van der Waals surface area (Å²) in [7, 11) is 0. The van der Waals surface area contributed by atoms with Crippen LogP contribution in [0.5, 0.6) is 5.75 Å². The molecule has 0 radical (unpaired) electrons. The van der Waals surface area contributed by atoms with Crippen LogP contribution in [0.3, 0.4) is 0 Å². The molecule has 2 heterocycles. The average molecular weight is 460 g/mol. The lowest BCUT2D eigenvalue weighted by Gasteiger charge is -2.40. The molecule has 1 amide bonds. The van der Waals surface area contributed by atoms with Gasteiger partial charge in [-0.05, 0) is 48.5 Å². The summed E-state index contributed by atoms with van der Waals surface area (Å²) in [6.07, 6.45) is -4.76. The van der Waals surface area contributed by atoms with E-state index < -0.39 is 6.36 Å². The van der Waals surface area contributed by atoms with Gasteiger partial charge < -0.3 is 14.8 Å². The molecule has 13 heteroatoms. The number of aromatic nitrogens is 4. The molecule has 1 aliphatic rings. The molecular weight excluding hydrogens is 437 g/mol. The first-order valence-corrected chi connectivity index (χ1v) is 10.5. The fraction of sp³-hybridized carbons (Fsp3) is 0.556. The van der Waals surface area contributed by atoms with E-state index >= 15 is 0 Å². The van der Waals surface area contributed by atoms with E-state index in [-0.39, 0.29) is 22.9 Å². The number of halogens is 3. The molecule has 1 aliphatic heterocycles. The van der Waals surface area contributed by atoms with Crippen molar-refractivity contribution >= 4 is 17.7 Å². The zero-order valence-corrected chi connectivity index (χ0v) is 17.9. The highest BCUT2D eigenvalue weighted by molar-refractivity contribution is 7.99. The molecule has 1 aromatic heterocycles. The minimum absolute atomic E-state index is 0.0921. The van der Waals surface area contributed by atoms with Crippen molar-refractivity contribution < 1.29 is 27.4 Å². The van der Waals surface area contributed by atoms with Crippen molar-refractivity contribution in [3.63, 3.8) is 0 Å². The van der Waals surface area contributed by atoms with Crippen LogP contribution < -0.4 is 10.1 Å². The van der Waals surface area contributed by atoms with Crippen molar-refractivity contribution in [2.45, 2.75) is 30.9 Å². The van der Waals surface area contributed by atoms with Crippen molar-refractivity contribution in [3.8, 4) is 11.4 Å². The van der Waals surface area contributed by atoms with E-state index in [2.05, 4.69) is 44.3 Å². The number of ether oxygens (including phenoxy) is 2. The first kappa shape index (κ1) is 23.3. The highest BCUT2D eigenvalue weighted by Gasteiger charge is 2.31. The number of alkyl halides is 3. The Morgan fingerprint density at radius 2 is 1.90 bits per heavy atom. The predicted octanol–water partition coefficient (Wildman–Crippen LogP) is 1.88. The number of thioether (sulfide) groups is 1. The minimum atomic E-state index is -4.76. The molecular formula is C18H23F3N6O3S. The topological polar surface area (TPSA) is 94.4 Å². The number of hydrogen-bond donors (Lipinski definition) is 1. The maximum Gasteiger partial charge on any atom is 0.573 e. The van der Waals surface area contributed by atoms with Gasteiger partial charge in [-0.25, -0.2) is 0 Å². The fourth-order valence-corrected chi connectivity index (χ4v) is 3.72. The predicted molar refractivity (Wildman–Crippen MR) is 106 cm³/mol. The van der Waals surface area contributed by atoms with Crippen LogP contribution in [-0.4, -0.2) is 81.5 Å². The van der Waals surface area contributed by atoms with E-state index in [0.717, 1.165) is 24.9 Å². The number of carbonyl (C=O) groups excluding carboxylic acids is 1. The van der Waals surface area contributed by atoms with Crippen LogP contribution in [-0.2, 0) is 9.53 Å². The summed E-state index contributed by atoms with van der Waals surface area (Å²) in [5.74, 6) is -0.426. The lowest BCUT2D eigenvalue weighted by atomic mass is 10.0. The lowest BCUT2D eigenvalue weighted by molar-refractivity contribution is -0.274. The van der Waals surface area contributed by atoms with Crippen LogP contribution in [0.4, 0.5) is 13.2 Å². The van der Waals surface area contributed by atoms with Gasteiger partial charge in [0.2, 0.25) is 11.1 Å². The second kappa shape index (κ2) is 9.83. The Morgan fingerprint density at radius 3 is 2.55 bits per heavy atom. The van der Waals surface area contributed by atoms with Crippen LogP contribution in [0.2, 0.25) is 0 Å². The van der Waals surface area contributed by atoms with Crippen molar-refractivity contribution in [1.82, 2.24) is 30.4 Å². The fourth-order valence-electron chi connectivity index (χ4n) is 3.00. The third kappa shape index (κ3) is 6.80. The summed E-state index contributed by atoms with van der Waals surface area (Å²) in [6, 6.07) is 5.12. The molecule has 1 aromatic carbocycles. The smallest absolute Gasteiger partial charge is 0.406 e. The van der Waals surface area contributed by atoms with E-state index in [0.29, 0.717) is 30.6 Å². The largest absolute Gasteiger partial charge is 0.573 e. The molecule has 1 saturated heterocycles. The first-order valence-electron chi connectivity index (χ1n) is 9.51.